The highest BCUT2D eigenvalue weighted by atomic mass is 16.4. The second-order valence-corrected chi connectivity index (χ2v) is 12.1. The highest BCUT2D eigenvalue weighted by Gasteiger charge is 2.59. The molecule has 3 saturated carbocycles. The number of fused-ring (bicyclic) bond motifs is 5. The SMILES string of the molecule is CC(C)CCC[C@@H](C)[C@H]1CC[C@H]2[C@@H]3CC=C4/C(=N\O)CCC[C@]4(C)[C@H]3CC[C@]12C. The fraction of sp³-hybridized carbons (Fsp3) is 0.889. The maximum atomic E-state index is 9.58. The number of hydrogen-bond acceptors (Lipinski definition) is 2. The lowest BCUT2D eigenvalue weighted by atomic mass is 9.47. The van der Waals surface area contributed by atoms with E-state index < -0.39 is 0 Å². The standard InChI is InChI=1S/C27H45NO/c1-18(2)8-6-9-19(3)21-13-14-22-20-11-12-24-25(28-29)10-7-16-26(24,4)23(20)15-17-27(21,22)5/h12,18-23,29H,6-11,13-17H2,1-5H3/b28-25-/t19-,20+,21-,22+,23+,26-,27-/m1/s1. The van der Waals surface area contributed by atoms with Crippen molar-refractivity contribution in [1.29, 1.82) is 0 Å². The van der Waals surface area contributed by atoms with Crippen molar-refractivity contribution in [1.82, 2.24) is 0 Å². The van der Waals surface area contributed by atoms with Gasteiger partial charge in [0.25, 0.3) is 0 Å². The van der Waals surface area contributed by atoms with Gasteiger partial charge in [0, 0.05) is 0 Å². The van der Waals surface area contributed by atoms with Gasteiger partial charge in [0.2, 0.25) is 0 Å². The van der Waals surface area contributed by atoms with Gasteiger partial charge in [-0.25, -0.2) is 0 Å². The Balaban J connectivity index is 1.52. The molecule has 164 valence electrons. The van der Waals surface area contributed by atoms with E-state index in [4.69, 9.17) is 0 Å². The van der Waals surface area contributed by atoms with E-state index in [9.17, 15) is 5.21 Å². The maximum Gasteiger partial charge on any atom is 0.0830 e. The number of hydrogen-bond donors (Lipinski definition) is 1. The Bertz CT molecular complexity index is 663. The van der Waals surface area contributed by atoms with Gasteiger partial charge in [-0.15, -0.1) is 0 Å². The summed E-state index contributed by atoms with van der Waals surface area (Å²) in [5.74, 6) is 5.22. The summed E-state index contributed by atoms with van der Waals surface area (Å²) in [6.45, 7) is 12.5. The average Bonchev–Trinajstić information content (AvgIpc) is 3.03. The van der Waals surface area contributed by atoms with Gasteiger partial charge in [0.05, 0.1) is 5.71 Å². The van der Waals surface area contributed by atoms with Crippen LogP contribution in [0, 0.1) is 46.3 Å². The lowest BCUT2D eigenvalue weighted by Gasteiger charge is -2.58. The number of rotatable bonds is 5. The van der Waals surface area contributed by atoms with Gasteiger partial charge in [-0.3, -0.25) is 0 Å². The minimum absolute atomic E-state index is 0.255. The molecule has 0 amide bonds. The summed E-state index contributed by atoms with van der Waals surface area (Å²) in [6.07, 6.45) is 17.1. The van der Waals surface area contributed by atoms with Crippen molar-refractivity contribution in [3.63, 3.8) is 0 Å². The molecule has 0 unspecified atom stereocenters. The van der Waals surface area contributed by atoms with Crippen LogP contribution in [0.4, 0.5) is 0 Å². The first kappa shape index (κ1) is 21.4. The van der Waals surface area contributed by atoms with Crippen molar-refractivity contribution in [2.24, 2.45) is 51.5 Å². The predicted molar refractivity (Wildman–Crippen MR) is 122 cm³/mol. The number of oxime groups is 1. The molecule has 0 saturated heterocycles. The summed E-state index contributed by atoms with van der Waals surface area (Å²) >= 11 is 0. The predicted octanol–water partition coefficient (Wildman–Crippen LogP) is 7.86. The third-order valence-electron chi connectivity index (χ3n) is 10.2. The zero-order valence-corrected chi connectivity index (χ0v) is 19.7. The minimum atomic E-state index is 0.255. The molecule has 7 atom stereocenters. The molecular formula is C27H45NO. The summed E-state index contributed by atoms with van der Waals surface area (Å²) in [6, 6.07) is 0. The first-order valence-electron chi connectivity index (χ1n) is 12.7. The van der Waals surface area contributed by atoms with Crippen LogP contribution in [0.25, 0.3) is 0 Å². The Hall–Kier alpha value is -0.790. The van der Waals surface area contributed by atoms with E-state index in [1.54, 1.807) is 0 Å². The second-order valence-electron chi connectivity index (χ2n) is 12.1. The highest BCUT2D eigenvalue weighted by Crippen LogP contribution is 2.67. The molecule has 2 heteroatoms. The van der Waals surface area contributed by atoms with E-state index in [2.05, 4.69) is 45.9 Å². The maximum absolute atomic E-state index is 9.58. The minimum Gasteiger partial charge on any atom is -0.411 e. The van der Waals surface area contributed by atoms with Crippen LogP contribution < -0.4 is 0 Å². The van der Waals surface area contributed by atoms with Crippen molar-refractivity contribution >= 4 is 5.71 Å². The van der Waals surface area contributed by atoms with Gasteiger partial charge < -0.3 is 5.21 Å². The number of nitrogens with zero attached hydrogens (tertiary/aromatic N) is 1. The summed E-state index contributed by atoms with van der Waals surface area (Å²) in [7, 11) is 0. The van der Waals surface area contributed by atoms with Gasteiger partial charge in [-0.1, -0.05) is 65.1 Å². The Morgan fingerprint density at radius 1 is 1.07 bits per heavy atom. The van der Waals surface area contributed by atoms with Crippen LogP contribution >= 0.6 is 0 Å². The molecule has 0 aromatic rings. The molecule has 4 aliphatic carbocycles. The third kappa shape index (κ3) is 3.51. The van der Waals surface area contributed by atoms with Crippen LogP contribution in [0.15, 0.2) is 16.8 Å². The van der Waals surface area contributed by atoms with E-state index in [1.165, 1.54) is 69.8 Å². The van der Waals surface area contributed by atoms with Gasteiger partial charge in [-0.05, 0) is 103 Å². The summed E-state index contributed by atoms with van der Waals surface area (Å²) in [5.41, 5.74) is 3.22. The van der Waals surface area contributed by atoms with Crippen LogP contribution in [0.1, 0.15) is 105 Å². The Morgan fingerprint density at radius 2 is 1.86 bits per heavy atom. The molecule has 4 aliphatic rings. The van der Waals surface area contributed by atoms with Gasteiger partial charge in [0.15, 0.2) is 0 Å². The van der Waals surface area contributed by atoms with E-state index in [1.807, 2.05) is 0 Å². The zero-order valence-electron chi connectivity index (χ0n) is 19.7. The van der Waals surface area contributed by atoms with Crippen LogP contribution in [0.2, 0.25) is 0 Å². The fourth-order valence-electron chi connectivity index (χ4n) is 8.75. The molecule has 0 bridgehead atoms. The normalized spacial score (nSPS) is 44.2. The Morgan fingerprint density at radius 3 is 2.59 bits per heavy atom. The average molecular weight is 400 g/mol. The Kier molecular flexibility index (Phi) is 5.95. The molecule has 0 aliphatic heterocycles. The molecule has 0 radical (unpaired) electrons. The zero-order chi connectivity index (χ0) is 20.8. The van der Waals surface area contributed by atoms with E-state index >= 15 is 0 Å². The van der Waals surface area contributed by atoms with Crippen LogP contribution in [-0.2, 0) is 0 Å². The second kappa shape index (κ2) is 8.04. The summed E-state index contributed by atoms with van der Waals surface area (Å²) in [5, 5.41) is 13.3. The van der Waals surface area contributed by atoms with Gasteiger partial charge >= 0.3 is 0 Å². The smallest absolute Gasteiger partial charge is 0.0830 e. The quantitative estimate of drug-likeness (QED) is 0.370. The molecule has 2 nitrogen and oxygen atoms in total. The van der Waals surface area contributed by atoms with Crippen molar-refractivity contribution in [2.45, 2.75) is 105 Å². The largest absolute Gasteiger partial charge is 0.411 e. The fourth-order valence-corrected chi connectivity index (χ4v) is 8.75. The van der Waals surface area contributed by atoms with Crippen molar-refractivity contribution in [3.05, 3.63) is 11.6 Å². The van der Waals surface area contributed by atoms with Crippen molar-refractivity contribution in [2.75, 3.05) is 0 Å². The van der Waals surface area contributed by atoms with E-state index in [0.29, 0.717) is 5.41 Å². The topological polar surface area (TPSA) is 32.6 Å². The molecule has 0 aromatic heterocycles. The summed E-state index contributed by atoms with van der Waals surface area (Å²) in [4.78, 5) is 0. The van der Waals surface area contributed by atoms with Crippen molar-refractivity contribution < 1.29 is 5.21 Å². The lowest BCUT2D eigenvalue weighted by molar-refractivity contribution is -0.0455. The number of allylic oxidation sites excluding steroid dienone is 2. The first-order chi connectivity index (χ1) is 13.8. The molecule has 29 heavy (non-hydrogen) atoms. The summed E-state index contributed by atoms with van der Waals surface area (Å²) < 4.78 is 0. The molecule has 3 fully saturated rings. The van der Waals surface area contributed by atoms with Crippen LogP contribution in [0.5, 0.6) is 0 Å². The van der Waals surface area contributed by atoms with Gasteiger partial charge in [-0.2, -0.15) is 0 Å². The molecule has 0 heterocycles. The monoisotopic (exact) mass is 399 g/mol. The van der Waals surface area contributed by atoms with E-state index in [0.717, 1.165) is 47.6 Å². The molecular weight excluding hydrogens is 354 g/mol. The Labute approximate surface area is 179 Å². The van der Waals surface area contributed by atoms with Crippen molar-refractivity contribution in [3.8, 4) is 0 Å². The third-order valence-corrected chi connectivity index (χ3v) is 10.2. The van der Waals surface area contributed by atoms with E-state index in [-0.39, 0.29) is 5.41 Å². The lowest BCUT2D eigenvalue weighted by Crippen LogP contribution is -2.51. The highest BCUT2D eigenvalue weighted by molar-refractivity contribution is 6.01. The first-order valence-corrected chi connectivity index (χ1v) is 12.7. The molecule has 0 spiro atoms. The van der Waals surface area contributed by atoms with Crippen LogP contribution in [0.3, 0.4) is 0 Å². The molecule has 4 rings (SSSR count). The molecule has 1 N–H and O–H groups in total. The van der Waals surface area contributed by atoms with Gasteiger partial charge in [0.1, 0.15) is 0 Å². The van der Waals surface area contributed by atoms with Crippen LogP contribution in [-0.4, -0.2) is 10.9 Å². The molecule has 0 aromatic carbocycles.